The Kier molecular flexibility index (Phi) is 5.27. The van der Waals surface area contributed by atoms with Crippen molar-refractivity contribution in [1.29, 1.82) is 0 Å². The Morgan fingerprint density at radius 1 is 1.19 bits per heavy atom. The van der Waals surface area contributed by atoms with Crippen LogP contribution in [-0.4, -0.2) is 19.6 Å². The third-order valence-corrected chi connectivity index (χ3v) is 6.03. The number of nitro benzene ring substituents is 1. The number of anilines is 1. The summed E-state index contributed by atoms with van der Waals surface area (Å²) in [5.41, 5.74) is 1.19. The number of nitrogens with zero attached hydrogens (tertiary/aromatic N) is 1. The molecule has 26 heavy (non-hydrogen) atoms. The minimum absolute atomic E-state index is 0.0509. The van der Waals surface area contributed by atoms with Crippen molar-refractivity contribution >= 4 is 21.2 Å². The molecule has 1 aliphatic carbocycles. The molecular formula is C19H22N2O4S. The monoisotopic (exact) mass is 374 g/mol. The van der Waals surface area contributed by atoms with Crippen molar-refractivity contribution < 1.29 is 13.3 Å². The third kappa shape index (κ3) is 4.22. The summed E-state index contributed by atoms with van der Waals surface area (Å²) in [6.07, 6.45) is 5.53. The maximum atomic E-state index is 11.7. The highest BCUT2D eigenvalue weighted by molar-refractivity contribution is 7.90. The fourth-order valence-electron chi connectivity index (χ4n) is 3.23. The lowest BCUT2D eigenvalue weighted by atomic mass is 9.79. The second-order valence-corrected chi connectivity index (χ2v) is 8.86. The molecule has 138 valence electrons. The van der Waals surface area contributed by atoms with Crippen molar-refractivity contribution in [3.8, 4) is 0 Å². The van der Waals surface area contributed by atoms with Gasteiger partial charge in [0.2, 0.25) is 0 Å². The van der Waals surface area contributed by atoms with Gasteiger partial charge in [-0.25, -0.2) is 8.42 Å². The molecule has 0 aromatic heterocycles. The number of sulfone groups is 1. The van der Waals surface area contributed by atoms with Gasteiger partial charge in [-0.05, 0) is 30.0 Å². The topological polar surface area (TPSA) is 89.3 Å². The number of nitro groups is 1. The van der Waals surface area contributed by atoms with Crippen LogP contribution in [0.5, 0.6) is 0 Å². The summed E-state index contributed by atoms with van der Waals surface area (Å²) < 4.78 is 23.4. The summed E-state index contributed by atoms with van der Waals surface area (Å²) in [7, 11) is -3.50. The highest BCUT2D eigenvalue weighted by atomic mass is 32.2. The molecule has 3 rings (SSSR count). The molecule has 2 aromatic carbocycles. The Balaban J connectivity index is 1.93. The van der Waals surface area contributed by atoms with Crippen LogP contribution in [0.1, 0.15) is 37.3 Å². The van der Waals surface area contributed by atoms with E-state index < -0.39 is 14.8 Å². The summed E-state index contributed by atoms with van der Waals surface area (Å²) in [5.74, 6) is 0.613. The van der Waals surface area contributed by atoms with Gasteiger partial charge in [0.15, 0.2) is 9.84 Å². The maximum Gasteiger partial charge on any atom is 0.293 e. The number of rotatable bonds is 7. The Morgan fingerprint density at radius 2 is 1.88 bits per heavy atom. The fraction of sp³-hybridized carbons (Fsp3) is 0.368. The quantitative estimate of drug-likeness (QED) is 0.575. The first-order valence-corrected chi connectivity index (χ1v) is 10.5. The first kappa shape index (κ1) is 18.4. The lowest BCUT2D eigenvalue weighted by Crippen LogP contribution is -2.20. The van der Waals surface area contributed by atoms with E-state index in [4.69, 9.17) is 0 Å². The highest BCUT2D eigenvalue weighted by Crippen LogP contribution is 2.38. The molecule has 1 fully saturated rings. The lowest BCUT2D eigenvalue weighted by molar-refractivity contribution is -0.384. The molecule has 1 unspecified atom stereocenters. The second-order valence-electron chi connectivity index (χ2n) is 6.85. The first-order chi connectivity index (χ1) is 12.3. The van der Waals surface area contributed by atoms with Crippen LogP contribution in [0.3, 0.4) is 0 Å². The lowest BCUT2D eigenvalue weighted by Gasteiger charge is -2.31. The molecule has 1 saturated carbocycles. The number of benzene rings is 2. The van der Waals surface area contributed by atoms with Gasteiger partial charge in [0, 0.05) is 12.3 Å². The molecule has 1 atom stereocenters. The minimum atomic E-state index is -3.50. The van der Waals surface area contributed by atoms with Gasteiger partial charge in [-0.15, -0.1) is 0 Å². The van der Waals surface area contributed by atoms with Crippen LogP contribution in [0.2, 0.25) is 0 Å². The third-order valence-electron chi connectivity index (χ3n) is 4.92. The zero-order chi connectivity index (χ0) is 18.7. The van der Waals surface area contributed by atoms with Gasteiger partial charge in [0.05, 0.1) is 15.9 Å². The molecule has 0 heterocycles. The van der Waals surface area contributed by atoms with Crippen molar-refractivity contribution in [2.45, 2.75) is 36.6 Å². The van der Waals surface area contributed by atoms with Crippen LogP contribution in [0.4, 0.5) is 11.4 Å². The second kappa shape index (κ2) is 7.45. The predicted octanol–water partition coefficient (Wildman–Crippen LogP) is 4.34. The normalized spacial score (nSPS) is 15.9. The van der Waals surface area contributed by atoms with Crippen molar-refractivity contribution in [2.75, 3.05) is 11.6 Å². The van der Waals surface area contributed by atoms with E-state index in [9.17, 15) is 18.5 Å². The molecular weight excluding hydrogens is 352 g/mol. The average molecular weight is 374 g/mol. The van der Waals surface area contributed by atoms with E-state index in [2.05, 4.69) is 5.32 Å². The van der Waals surface area contributed by atoms with E-state index in [-0.39, 0.29) is 16.6 Å². The minimum Gasteiger partial charge on any atom is -0.373 e. The summed E-state index contributed by atoms with van der Waals surface area (Å²) in [4.78, 5) is 10.9. The number of hydrogen-bond acceptors (Lipinski definition) is 5. The summed E-state index contributed by atoms with van der Waals surface area (Å²) in [6.45, 7) is 0. The van der Waals surface area contributed by atoms with E-state index in [0.29, 0.717) is 11.6 Å². The van der Waals surface area contributed by atoms with Gasteiger partial charge in [0.1, 0.15) is 5.69 Å². The number of nitrogens with one attached hydrogen (secondary N) is 1. The molecule has 0 radical (unpaired) electrons. The molecule has 0 saturated heterocycles. The molecule has 1 N–H and O–H groups in total. The van der Waals surface area contributed by atoms with Crippen LogP contribution in [-0.2, 0) is 9.84 Å². The first-order valence-electron chi connectivity index (χ1n) is 8.64. The van der Waals surface area contributed by atoms with Crippen LogP contribution >= 0.6 is 0 Å². The summed E-state index contributed by atoms with van der Waals surface area (Å²) >= 11 is 0. The SMILES string of the molecule is CS(=O)(=O)c1ccc(NC(CC2CCC2)c2ccccc2)c([N+](=O)[O-])c1. The van der Waals surface area contributed by atoms with Crippen molar-refractivity contribution in [2.24, 2.45) is 5.92 Å². The van der Waals surface area contributed by atoms with Gasteiger partial charge in [-0.1, -0.05) is 49.6 Å². The van der Waals surface area contributed by atoms with Crippen LogP contribution in [0, 0.1) is 16.0 Å². The Bertz CT molecular complexity index is 893. The van der Waals surface area contributed by atoms with Gasteiger partial charge in [0.25, 0.3) is 5.69 Å². The Hall–Kier alpha value is -2.41. The Labute approximate surface area is 153 Å². The standard InChI is InChI=1S/C19H22N2O4S/c1-26(24,25)16-10-11-17(19(13-16)21(22)23)20-18(12-14-6-5-7-14)15-8-3-2-4-9-15/h2-4,8-11,13-14,18,20H,5-7,12H2,1H3. The van der Waals surface area contributed by atoms with Crippen LogP contribution in [0.25, 0.3) is 0 Å². The zero-order valence-corrected chi connectivity index (χ0v) is 15.4. The highest BCUT2D eigenvalue weighted by Gasteiger charge is 2.26. The largest absolute Gasteiger partial charge is 0.373 e. The van der Waals surface area contributed by atoms with Crippen LogP contribution in [0.15, 0.2) is 53.4 Å². The van der Waals surface area contributed by atoms with Gasteiger partial charge in [-0.3, -0.25) is 10.1 Å². The van der Waals surface area contributed by atoms with E-state index in [1.807, 2.05) is 30.3 Å². The fourth-order valence-corrected chi connectivity index (χ4v) is 3.87. The van der Waals surface area contributed by atoms with E-state index >= 15 is 0 Å². The molecule has 2 aromatic rings. The predicted molar refractivity (Wildman–Crippen MR) is 101 cm³/mol. The molecule has 6 nitrogen and oxygen atoms in total. The number of hydrogen-bond donors (Lipinski definition) is 1. The summed E-state index contributed by atoms with van der Waals surface area (Å²) in [6, 6.07) is 13.8. The molecule has 1 aliphatic rings. The maximum absolute atomic E-state index is 11.7. The molecule has 0 aliphatic heterocycles. The summed E-state index contributed by atoms with van der Waals surface area (Å²) in [5, 5.41) is 14.8. The van der Waals surface area contributed by atoms with Crippen molar-refractivity contribution in [3.63, 3.8) is 0 Å². The smallest absolute Gasteiger partial charge is 0.293 e. The van der Waals surface area contributed by atoms with Gasteiger partial charge < -0.3 is 5.32 Å². The molecule has 0 amide bonds. The zero-order valence-electron chi connectivity index (χ0n) is 14.6. The van der Waals surface area contributed by atoms with Crippen molar-refractivity contribution in [1.82, 2.24) is 0 Å². The molecule has 0 spiro atoms. The van der Waals surface area contributed by atoms with E-state index in [0.717, 1.165) is 24.3 Å². The van der Waals surface area contributed by atoms with Crippen molar-refractivity contribution in [3.05, 3.63) is 64.2 Å². The van der Waals surface area contributed by atoms with Gasteiger partial charge in [-0.2, -0.15) is 0 Å². The Morgan fingerprint density at radius 3 is 2.42 bits per heavy atom. The average Bonchev–Trinajstić information content (AvgIpc) is 2.56. The van der Waals surface area contributed by atoms with E-state index in [1.165, 1.54) is 31.4 Å². The molecule has 0 bridgehead atoms. The molecule has 7 heteroatoms. The van der Waals surface area contributed by atoms with Gasteiger partial charge >= 0.3 is 0 Å². The van der Waals surface area contributed by atoms with Crippen LogP contribution < -0.4 is 5.32 Å². The van der Waals surface area contributed by atoms with E-state index in [1.54, 1.807) is 0 Å².